The van der Waals surface area contributed by atoms with Crippen LogP contribution >= 0.6 is 0 Å². The van der Waals surface area contributed by atoms with Crippen molar-refractivity contribution in [1.82, 2.24) is 9.62 Å². The van der Waals surface area contributed by atoms with Crippen molar-refractivity contribution >= 4 is 33.3 Å². The summed E-state index contributed by atoms with van der Waals surface area (Å²) in [5.74, 6) is -1.89. The fourth-order valence-electron chi connectivity index (χ4n) is 2.29. The zero-order valence-electron chi connectivity index (χ0n) is 15.8. The number of benzene rings is 2. The molecule has 0 radical (unpaired) electrons. The number of Topliss-reactive ketones (excluding diaryl/α,β-unsaturated/α-hetero) is 1. The lowest BCUT2D eigenvalue weighted by molar-refractivity contribution is -0.132. The van der Waals surface area contributed by atoms with E-state index in [1.165, 1.54) is 62.5 Å². The summed E-state index contributed by atoms with van der Waals surface area (Å²) in [6.45, 7) is 0.430. The second-order valence-corrected chi connectivity index (χ2v) is 7.98. The fraction of sp³-hybridized carbons (Fsp3) is 0.211. The Bertz CT molecular complexity index is 1020. The number of nitrogens with one attached hydrogen (secondary N) is 2. The standard InChI is InChI=1S/C19H20FN3O5S/c1-13(24)14-4-3-5-17(10-14)29(27,28)21-11-19(26)23(2)12-18(25)22-16-8-6-15(20)7-9-16/h3-10,21H,11-12H2,1-2H3,(H,22,25). The summed E-state index contributed by atoms with van der Waals surface area (Å²) in [7, 11) is -2.67. The molecule has 0 saturated carbocycles. The summed E-state index contributed by atoms with van der Waals surface area (Å²) < 4.78 is 39.7. The van der Waals surface area contributed by atoms with E-state index in [1.807, 2.05) is 0 Å². The molecule has 0 aliphatic carbocycles. The highest BCUT2D eigenvalue weighted by Crippen LogP contribution is 2.12. The number of sulfonamides is 1. The molecule has 0 heterocycles. The van der Waals surface area contributed by atoms with Gasteiger partial charge in [-0.3, -0.25) is 14.4 Å². The minimum Gasteiger partial charge on any atom is -0.335 e. The molecule has 0 aliphatic rings. The molecule has 0 saturated heterocycles. The number of carbonyl (C=O) groups is 3. The van der Waals surface area contributed by atoms with E-state index in [4.69, 9.17) is 0 Å². The number of halogens is 1. The Morgan fingerprint density at radius 3 is 2.34 bits per heavy atom. The summed E-state index contributed by atoms with van der Waals surface area (Å²) in [6, 6.07) is 10.5. The van der Waals surface area contributed by atoms with Crippen molar-refractivity contribution in [2.75, 3.05) is 25.5 Å². The first kappa shape index (κ1) is 22.2. The molecule has 2 rings (SSSR count). The maximum absolute atomic E-state index is 12.9. The Hall–Kier alpha value is -3.11. The maximum Gasteiger partial charge on any atom is 0.243 e. The Morgan fingerprint density at radius 1 is 1.07 bits per heavy atom. The second kappa shape index (κ2) is 9.39. The monoisotopic (exact) mass is 421 g/mol. The number of hydrogen-bond donors (Lipinski definition) is 2. The molecular formula is C19H20FN3O5S. The summed E-state index contributed by atoms with van der Waals surface area (Å²) in [5.41, 5.74) is 0.595. The van der Waals surface area contributed by atoms with E-state index in [9.17, 15) is 27.2 Å². The molecule has 2 aromatic rings. The smallest absolute Gasteiger partial charge is 0.243 e. The van der Waals surface area contributed by atoms with Crippen LogP contribution in [0.1, 0.15) is 17.3 Å². The van der Waals surface area contributed by atoms with Crippen molar-refractivity contribution in [3.63, 3.8) is 0 Å². The van der Waals surface area contributed by atoms with Crippen molar-refractivity contribution in [2.45, 2.75) is 11.8 Å². The minimum absolute atomic E-state index is 0.144. The van der Waals surface area contributed by atoms with Crippen molar-refractivity contribution in [3.05, 3.63) is 59.9 Å². The third-order valence-electron chi connectivity index (χ3n) is 3.90. The number of hydrogen-bond acceptors (Lipinski definition) is 5. The largest absolute Gasteiger partial charge is 0.335 e. The Balaban J connectivity index is 1.91. The highest BCUT2D eigenvalue weighted by Gasteiger charge is 2.19. The topological polar surface area (TPSA) is 113 Å². The molecule has 8 nitrogen and oxygen atoms in total. The molecule has 154 valence electrons. The van der Waals surface area contributed by atoms with Gasteiger partial charge in [-0.25, -0.2) is 17.5 Å². The highest BCUT2D eigenvalue weighted by atomic mass is 32.2. The van der Waals surface area contributed by atoms with Crippen LogP contribution in [0.15, 0.2) is 53.4 Å². The zero-order valence-corrected chi connectivity index (χ0v) is 16.6. The van der Waals surface area contributed by atoms with Gasteiger partial charge in [0.15, 0.2) is 5.78 Å². The number of amides is 2. The van der Waals surface area contributed by atoms with Gasteiger partial charge in [0.1, 0.15) is 5.82 Å². The van der Waals surface area contributed by atoms with Gasteiger partial charge >= 0.3 is 0 Å². The van der Waals surface area contributed by atoms with Gasteiger partial charge in [-0.2, -0.15) is 0 Å². The SMILES string of the molecule is CC(=O)c1cccc(S(=O)(=O)NCC(=O)N(C)CC(=O)Nc2ccc(F)cc2)c1. The van der Waals surface area contributed by atoms with E-state index in [1.54, 1.807) is 0 Å². The molecule has 2 N–H and O–H groups in total. The molecule has 0 atom stereocenters. The second-order valence-electron chi connectivity index (χ2n) is 6.21. The molecule has 0 aromatic heterocycles. The first-order chi connectivity index (χ1) is 13.6. The summed E-state index contributed by atoms with van der Waals surface area (Å²) in [4.78, 5) is 36.4. The average Bonchev–Trinajstić information content (AvgIpc) is 2.68. The number of anilines is 1. The van der Waals surface area contributed by atoms with E-state index < -0.39 is 34.2 Å². The van der Waals surface area contributed by atoms with Crippen LogP contribution in [-0.4, -0.2) is 51.1 Å². The van der Waals surface area contributed by atoms with E-state index in [-0.39, 0.29) is 22.8 Å². The van der Waals surface area contributed by atoms with Gasteiger partial charge in [-0.1, -0.05) is 12.1 Å². The number of likely N-dealkylation sites (N-methyl/N-ethyl adjacent to an activating group) is 1. The van der Waals surface area contributed by atoms with Crippen LogP contribution in [0.4, 0.5) is 10.1 Å². The third-order valence-corrected chi connectivity index (χ3v) is 5.30. The molecule has 0 spiro atoms. The molecule has 0 fully saturated rings. The van der Waals surface area contributed by atoms with Crippen LogP contribution in [-0.2, 0) is 19.6 Å². The molecule has 10 heteroatoms. The van der Waals surface area contributed by atoms with Crippen LogP contribution in [0, 0.1) is 5.82 Å². The van der Waals surface area contributed by atoms with Gasteiger partial charge in [0.25, 0.3) is 0 Å². The van der Waals surface area contributed by atoms with Crippen LogP contribution in [0.3, 0.4) is 0 Å². The Kier molecular flexibility index (Phi) is 7.18. The van der Waals surface area contributed by atoms with E-state index >= 15 is 0 Å². The number of nitrogens with zero attached hydrogens (tertiary/aromatic N) is 1. The van der Waals surface area contributed by atoms with Gasteiger partial charge in [0, 0.05) is 18.3 Å². The van der Waals surface area contributed by atoms with Crippen molar-refractivity contribution in [2.24, 2.45) is 0 Å². The van der Waals surface area contributed by atoms with Gasteiger partial charge in [0.2, 0.25) is 21.8 Å². The van der Waals surface area contributed by atoms with Gasteiger partial charge < -0.3 is 10.2 Å². The molecule has 2 aromatic carbocycles. The quantitative estimate of drug-likeness (QED) is 0.626. The minimum atomic E-state index is -4.01. The Morgan fingerprint density at radius 2 is 1.72 bits per heavy atom. The predicted molar refractivity (Wildman–Crippen MR) is 104 cm³/mol. The van der Waals surface area contributed by atoms with E-state index in [2.05, 4.69) is 10.0 Å². The first-order valence-corrected chi connectivity index (χ1v) is 9.97. The maximum atomic E-state index is 12.9. The van der Waals surface area contributed by atoms with Crippen LogP contribution < -0.4 is 10.0 Å². The molecule has 0 bridgehead atoms. The van der Waals surface area contributed by atoms with Gasteiger partial charge in [-0.05, 0) is 43.3 Å². The summed E-state index contributed by atoms with van der Waals surface area (Å²) in [5, 5.41) is 2.50. The molecule has 0 unspecified atom stereocenters. The van der Waals surface area contributed by atoms with Crippen LogP contribution in [0.2, 0.25) is 0 Å². The van der Waals surface area contributed by atoms with E-state index in [0.29, 0.717) is 5.69 Å². The first-order valence-electron chi connectivity index (χ1n) is 8.48. The van der Waals surface area contributed by atoms with Crippen molar-refractivity contribution < 1.29 is 27.2 Å². The molecular weight excluding hydrogens is 401 g/mol. The number of ketones is 1. The molecule has 2 amide bonds. The van der Waals surface area contributed by atoms with Crippen LogP contribution in [0.5, 0.6) is 0 Å². The van der Waals surface area contributed by atoms with E-state index in [0.717, 1.165) is 4.90 Å². The Labute approximate surface area is 167 Å². The van der Waals surface area contributed by atoms with Crippen LogP contribution in [0.25, 0.3) is 0 Å². The van der Waals surface area contributed by atoms with Crippen molar-refractivity contribution in [3.8, 4) is 0 Å². The lowest BCUT2D eigenvalue weighted by Crippen LogP contribution is -2.41. The lowest BCUT2D eigenvalue weighted by atomic mass is 10.2. The van der Waals surface area contributed by atoms with Gasteiger partial charge in [-0.15, -0.1) is 0 Å². The zero-order chi connectivity index (χ0) is 21.6. The highest BCUT2D eigenvalue weighted by molar-refractivity contribution is 7.89. The fourth-order valence-corrected chi connectivity index (χ4v) is 3.31. The molecule has 0 aliphatic heterocycles. The number of carbonyl (C=O) groups excluding carboxylic acids is 3. The normalized spacial score (nSPS) is 11.0. The predicted octanol–water partition coefficient (Wildman–Crippen LogP) is 1.40. The summed E-state index contributed by atoms with van der Waals surface area (Å²) in [6.07, 6.45) is 0. The van der Waals surface area contributed by atoms with Crippen molar-refractivity contribution in [1.29, 1.82) is 0 Å². The number of rotatable bonds is 8. The average molecular weight is 421 g/mol. The lowest BCUT2D eigenvalue weighted by Gasteiger charge is -2.17. The third kappa shape index (κ3) is 6.47. The summed E-state index contributed by atoms with van der Waals surface area (Å²) >= 11 is 0. The molecule has 29 heavy (non-hydrogen) atoms. The van der Waals surface area contributed by atoms with Gasteiger partial charge in [0.05, 0.1) is 18.0 Å².